The van der Waals surface area contributed by atoms with Crippen LogP contribution in [0.25, 0.3) is 21.9 Å². The van der Waals surface area contributed by atoms with Crippen molar-refractivity contribution in [1.82, 2.24) is 14.5 Å². The van der Waals surface area contributed by atoms with Gasteiger partial charge in [-0.15, -0.1) is 11.3 Å². The monoisotopic (exact) mass is 320 g/mol. The molecule has 0 amide bonds. The molecule has 0 unspecified atom stereocenters. The van der Waals surface area contributed by atoms with Gasteiger partial charge in [-0.25, -0.2) is 9.97 Å². The summed E-state index contributed by atoms with van der Waals surface area (Å²) in [4.78, 5) is 10.6. The summed E-state index contributed by atoms with van der Waals surface area (Å²) < 4.78 is 2.17. The molecule has 1 aromatic carbocycles. The van der Waals surface area contributed by atoms with Crippen molar-refractivity contribution >= 4 is 28.2 Å². The molecule has 2 N–H and O–H groups in total. The third-order valence-corrected chi connectivity index (χ3v) is 4.65. The maximum atomic E-state index is 5.78. The Labute approximate surface area is 138 Å². The van der Waals surface area contributed by atoms with Gasteiger partial charge in [-0.05, 0) is 47.7 Å². The first-order valence-electron chi connectivity index (χ1n) is 7.42. The molecule has 0 radical (unpaired) electrons. The van der Waals surface area contributed by atoms with Gasteiger partial charge in [0.1, 0.15) is 5.52 Å². The van der Waals surface area contributed by atoms with Gasteiger partial charge in [-0.3, -0.25) is 0 Å². The first-order valence-corrected chi connectivity index (χ1v) is 8.30. The summed E-state index contributed by atoms with van der Waals surface area (Å²) in [5.41, 5.74) is 10.7. The highest BCUT2D eigenvalue weighted by Gasteiger charge is 2.15. The van der Waals surface area contributed by atoms with Crippen molar-refractivity contribution in [2.45, 2.75) is 13.5 Å². The number of nitrogens with two attached hydrogens (primary N) is 1. The summed E-state index contributed by atoms with van der Waals surface area (Å²) in [6.07, 6.45) is 1.89. The zero-order valence-corrected chi connectivity index (χ0v) is 13.5. The fourth-order valence-electron chi connectivity index (χ4n) is 2.66. The number of imidazole rings is 1. The van der Waals surface area contributed by atoms with Crippen LogP contribution >= 0.6 is 11.3 Å². The second-order valence-electron chi connectivity index (χ2n) is 5.60. The van der Waals surface area contributed by atoms with E-state index in [1.165, 1.54) is 5.56 Å². The Hall–Kier alpha value is -2.66. The second kappa shape index (κ2) is 5.52. The van der Waals surface area contributed by atoms with Gasteiger partial charge in [0.2, 0.25) is 0 Å². The van der Waals surface area contributed by atoms with Crippen molar-refractivity contribution in [3.8, 4) is 10.7 Å². The van der Waals surface area contributed by atoms with E-state index in [4.69, 9.17) is 10.7 Å². The van der Waals surface area contributed by atoms with Gasteiger partial charge in [0.25, 0.3) is 0 Å². The van der Waals surface area contributed by atoms with Crippen LogP contribution < -0.4 is 5.73 Å². The fraction of sp³-hybridized carbons (Fsp3) is 0.111. The van der Waals surface area contributed by atoms with Crippen LogP contribution in [-0.4, -0.2) is 14.5 Å². The molecule has 3 heterocycles. The van der Waals surface area contributed by atoms with Gasteiger partial charge >= 0.3 is 0 Å². The normalized spacial score (nSPS) is 11.2. The van der Waals surface area contributed by atoms with Gasteiger partial charge < -0.3 is 10.3 Å². The number of aryl methyl sites for hydroxylation is 1. The van der Waals surface area contributed by atoms with E-state index in [1.54, 1.807) is 11.3 Å². The van der Waals surface area contributed by atoms with E-state index >= 15 is 0 Å². The van der Waals surface area contributed by atoms with Crippen LogP contribution in [0.4, 0.5) is 5.69 Å². The van der Waals surface area contributed by atoms with Gasteiger partial charge in [-0.1, -0.05) is 18.2 Å². The van der Waals surface area contributed by atoms with Crippen molar-refractivity contribution in [1.29, 1.82) is 0 Å². The summed E-state index contributed by atoms with van der Waals surface area (Å²) >= 11 is 1.69. The third kappa shape index (κ3) is 2.59. The minimum atomic E-state index is 0.722. The first-order chi connectivity index (χ1) is 11.2. The van der Waals surface area contributed by atoms with Crippen molar-refractivity contribution in [2.75, 3.05) is 5.73 Å². The van der Waals surface area contributed by atoms with E-state index in [2.05, 4.69) is 27.1 Å². The smallest absolute Gasteiger partial charge is 0.160 e. The molecule has 0 spiro atoms. The Morgan fingerprint density at radius 3 is 2.74 bits per heavy atom. The molecule has 4 aromatic rings. The summed E-state index contributed by atoms with van der Waals surface area (Å²) in [7, 11) is 0. The third-order valence-electron chi connectivity index (χ3n) is 3.78. The number of rotatable bonds is 3. The maximum absolute atomic E-state index is 5.78. The Kier molecular flexibility index (Phi) is 3.35. The van der Waals surface area contributed by atoms with Crippen molar-refractivity contribution in [3.05, 3.63) is 65.2 Å². The average molecular weight is 320 g/mol. The molecule has 0 aliphatic carbocycles. The Balaban J connectivity index is 1.88. The summed E-state index contributed by atoms with van der Waals surface area (Å²) in [5.74, 6) is 0.963. The summed E-state index contributed by atoms with van der Waals surface area (Å²) in [6.45, 7) is 2.76. The number of aromatic nitrogens is 3. The number of benzene rings is 1. The van der Waals surface area contributed by atoms with Crippen LogP contribution in [0, 0.1) is 6.92 Å². The van der Waals surface area contributed by atoms with Gasteiger partial charge in [0.05, 0.1) is 11.4 Å². The molecule has 0 aliphatic rings. The average Bonchev–Trinajstić information content (AvgIpc) is 3.17. The molecule has 5 heteroatoms. The van der Waals surface area contributed by atoms with Crippen LogP contribution in [0.15, 0.2) is 54.0 Å². The van der Waals surface area contributed by atoms with E-state index in [0.29, 0.717) is 0 Å². The topological polar surface area (TPSA) is 56.7 Å². The molecule has 0 bridgehead atoms. The quantitative estimate of drug-likeness (QED) is 0.578. The predicted octanol–water partition coefficient (Wildman–Crippen LogP) is 4.10. The molecule has 0 fully saturated rings. The molecule has 0 saturated heterocycles. The standard InChI is InChI=1S/C18H16N4S/c1-12-9-15-17(20-10-12)22(11-13-4-6-14(19)7-5-13)18(21-15)16-3-2-8-23-16/h2-10H,11,19H2,1H3. The van der Waals surface area contributed by atoms with E-state index in [-0.39, 0.29) is 0 Å². The Bertz CT molecular complexity index is 953. The van der Waals surface area contributed by atoms with Crippen LogP contribution in [-0.2, 0) is 6.54 Å². The molecule has 114 valence electrons. The number of hydrogen-bond donors (Lipinski definition) is 1. The van der Waals surface area contributed by atoms with Gasteiger partial charge in [0, 0.05) is 11.9 Å². The van der Waals surface area contributed by atoms with Gasteiger partial charge in [0.15, 0.2) is 11.5 Å². The molecular formula is C18H16N4S. The van der Waals surface area contributed by atoms with E-state index in [0.717, 1.165) is 39.7 Å². The number of nitrogen functional groups attached to an aromatic ring is 1. The number of pyridine rings is 1. The van der Waals surface area contributed by atoms with Crippen LogP contribution in [0.2, 0.25) is 0 Å². The molecule has 0 saturated carbocycles. The van der Waals surface area contributed by atoms with Crippen molar-refractivity contribution in [2.24, 2.45) is 0 Å². The zero-order chi connectivity index (χ0) is 15.8. The van der Waals surface area contributed by atoms with Crippen molar-refractivity contribution < 1.29 is 0 Å². The second-order valence-corrected chi connectivity index (χ2v) is 6.54. The van der Waals surface area contributed by atoms with Gasteiger partial charge in [-0.2, -0.15) is 0 Å². The van der Waals surface area contributed by atoms with Crippen molar-refractivity contribution in [3.63, 3.8) is 0 Å². The highest BCUT2D eigenvalue weighted by atomic mass is 32.1. The fourth-order valence-corrected chi connectivity index (χ4v) is 3.38. The van der Waals surface area contributed by atoms with Crippen LogP contribution in [0.1, 0.15) is 11.1 Å². The van der Waals surface area contributed by atoms with E-state index in [1.807, 2.05) is 43.5 Å². The first kappa shape index (κ1) is 14.0. The molecule has 4 rings (SSSR count). The SMILES string of the molecule is Cc1cnc2c(c1)nc(-c1cccs1)n2Cc1ccc(N)cc1. The number of nitrogens with zero attached hydrogens (tertiary/aromatic N) is 3. The lowest BCUT2D eigenvalue weighted by Gasteiger charge is -2.08. The molecule has 0 aliphatic heterocycles. The summed E-state index contributed by atoms with van der Waals surface area (Å²) in [5, 5.41) is 2.07. The molecule has 23 heavy (non-hydrogen) atoms. The predicted molar refractivity (Wildman–Crippen MR) is 95.5 cm³/mol. The van der Waals surface area contributed by atoms with Crippen LogP contribution in [0.5, 0.6) is 0 Å². The minimum absolute atomic E-state index is 0.722. The highest BCUT2D eigenvalue weighted by molar-refractivity contribution is 7.13. The molecular weight excluding hydrogens is 304 g/mol. The number of thiophene rings is 1. The number of fused-ring (bicyclic) bond motifs is 1. The number of anilines is 1. The largest absolute Gasteiger partial charge is 0.399 e. The maximum Gasteiger partial charge on any atom is 0.160 e. The lowest BCUT2D eigenvalue weighted by Crippen LogP contribution is -2.03. The van der Waals surface area contributed by atoms with Crippen LogP contribution in [0.3, 0.4) is 0 Å². The lowest BCUT2D eigenvalue weighted by molar-refractivity contribution is 0.825. The van der Waals surface area contributed by atoms with E-state index < -0.39 is 0 Å². The summed E-state index contributed by atoms with van der Waals surface area (Å²) in [6, 6.07) is 14.2. The minimum Gasteiger partial charge on any atom is -0.399 e. The zero-order valence-electron chi connectivity index (χ0n) is 12.7. The Morgan fingerprint density at radius 1 is 1.17 bits per heavy atom. The molecule has 4 nitrogen and oxygen atoms in total. The highest BCUT2D eigenvalue weighted by Crippen LogP contribution is 2.28. The molecule has 3 aromatic heterocycles. The Morgan fingerprint density at radius 2 is 2.00 bits per heavy atom. The van der Waals surface area contributed by atoms with E-state index in [9.17, 15) is 0 Å². The lowest BCUT2D eigenvalue weighted by atomic mass is 10.2. The molecule has 0 atom stereocenters. The number of hydrogen-bond acceptors (Lipinski definition) is 4.